The number of amides is 1. The summed E-state index contributed by atoms with van der Waals surface area (Å²) in [5.74, 6) is 0.160. The summed E-state index contributed by atoms with van der Waals surface area (Å²) in [7, 11) is 0. The van der Waals surface area contributed by atoms with E-state index in [1.807, 2.05) is 6.07 Å². The Morgan fingerprint density at radius 2 is 2.27 bits per heavy atom. The molecule has 5 heteroatoms. The molecular weight excluding hydrogens is 294 g/mol. The monoisotopic (exact) mass is 321 g/mol. The Morgan fingerprint density at radius 3 is 3.00 bits per heavy atom. The summed E-state index contributed by atoms with van der Waals surface area (Å²) in [5.41, 5.74) is 0.222. The summed E-state index contributed by atoms with van der Waals surface area (Å²) < 4.78 is 0. The molecule has 1 aromatic heterocycles. The molecule has 2 aliphatic rings. The summed E-state index contributed by atoms with van der Waals surface area (Å²) in [6.45, 7) is 5.63. The molecule has 3 rings (SSSR count). The minimum absolute atomic E-state index is 0.109. The van der Waals surface area contributed by atoms with Gasteiger partial charge >= 0.3 is 0 Å². The van der Waals surface area contributed by atoms with E-state index < -0.39 is 0 Å². The van der Waals surface area contributed by atoms with E-state index in [2.05, 4.69) is 33.9 Å². The molecule has 2 fully saturated rings. The van der Waals surface area contributed by atoms with Crippen LogP contribution >= 0.6 is 11.3 Å². The predicted molar refractivity (Wildman–Crippen MR) is 91.1 cm³/mol. The van der Waals surface area contributed by atoms with Gasteiger partial charge in [0.1, 0.15) is 0 Å². The Morgan fingerprint density at radius 1 is 1.45 bits per heavy atom. The predicted octanol–water partition coefficient (Wildman–Crippen LogP) is 2.53. The second kappa shape index (κ2) is 7.11. The molecule has 122 valence electrons. The van der Waals surface area contributed by atoms with Crippen LogP contribution in [0.15, 0.2) is 17.5 Å². The minimum Gasteiger partial charge on any atom is -0.348 e. The Labute approximate surface area is 137 Å². The van der Waals surface area contributed by atoms with Gasteiger partial charge in [-0.2, -0.15) is 0 Å². The van der Waals surface area contributed by atoms with Gasteiger partial charge in [-0.25, -0.2) is 0 Å². The van der Waals surface area contributed by atoms with E-state index in [1.165, 1.54) is 37.0 Å². The van der Waals surface area contributed by atoms with Crippen LogP contribution < -0.4 is 10.6 Å². The molecule has 4 nitrogen and oxygen atoms in total. The van der Waals surface area contributed by atoms with E-state index in [-0.39, 0.29) is 17.5 Å². The van der Waals surface area contributed by atoms with Crippen molar-refractivity contribution in [3.05, 3.63) is 22.4 Å². The van der Waals surface area contributed by atoms with Crippen molar-refractivity contribution in [1.82, 2.24) is 15.5 Å². The normalized spacial score (nSPS) is 23.3. The lowest BCUT2D eigenvalue weighted by Gasteiger charge is -2.49. The van der Waals surface area contributed by atoms with Crippen LogP contribution in [0.3, 0.4) is 0 Å². The van der Waals surface area contributed by atoms with Gasteiger partial charge in [-0.1, -0.05) is 25.3 Å². The number of piperazine rings is 1. The largest absolute Gasteiger partial charge is 0.348 e. The van der Waals surface area contributed by atoms with Crippen molar-refractivity contribution in [2.45, 2.75) is 50.6 Å². The van der Waals surface area contributed by atoms with Gasteiger partial charge in [0.25, 0.3) is 0 Å². The van der Waals surface area contributed by atoms with Gasteiger partial charge in [-0.15, -0.1) is 11.3 Å². The van der Waals surface area contributed by atoms with Crippen LogP contribution in [0.4, 0.5) is 0 Å². The second-order valence-electron chi connectivity index (χ2n) is 6.69. The van der Waals surface area contributed by atoms with Gasteiger partial charge in [0, 0.05) is 30.1 Å². The van der Waals surface area contributed by atoms with Crippen molar-refractivity contribution < 1.29 is 4.79 Å². The Bertz CT molecular complexity index is 474. The van der Waals surface area contributed by atoms with Crippen LogP contribution in [0, 0.1) is 0 Å². The quantitative estimate of drug-likeness (QED) is 0.896. The minimum atomic E-state index is 0.109. The first-order chi connectivity index (χ1) is 10.7. The zero-order chi connectivity index (χ0) is 15.4. The van der Waals surface area contributed by atoms with Crippen molar-refractivity contribution >= 4 is 17.2 Å². The van der Waals surface area contributed by atoms with Crippen LogP contribution in [0.25, 0.3) is 0 Å². The number of hydrogen-bond acceptors (Lipinski definition) is 4. The lowest BCUT2D eigenvalue weighted by Crippen LogP contribution is -2.63. The molecule has 2 heterocycles. The van der Waals surface area contributed by atoms with E-state index in [4.69, 9.17) is 0 Å². The van der Waals surface area contributed by atoms with Crippen LogP contribution in [0.1, 0.15) is 49.9 Å². The molecule has 2 N–H and O–H groups in total. The van der Waals surface area contributed by atoms with E-state index in [1.54, 1.807) is 11.3 Å². The third-order valence-electron chi connectivity index (χ3n) is 5.15. The fraction of sp³-hybridized carbons (Fsp3) is 0.706. The molecule has 1 spiro atoms. The lowest BCUT2D eigenvalue weighted by molar-refractivity contribution is -0.125. The van der Waals surface area contributed by atoms with Crippen molar-refractivity contribution in [1.29, 1.82) is 0 Å². The summed E-state index contributed by atoms with van der Waals surface area (Å²) in [4.78, 5) is 16.1. The van der Waals surface area contributed by atoms with Crippen LogP contribution in [0.5, 0.6) is 0 Å². The van der Waals surface area contributed by atoms with Gasteiger partial charge in [-0.05, 0) is 31.2 Å². The number of carbonyl (C=O) groups is 1. The second-order valence-corrected chi connectivity index (χ2v) is 7.67. The molecule has 1 unspecified atom stereocenters. The summed E-state index contributed by atoms with van der Waals surface area (Å²) in [6, 6.07) is 4.23. The zero-order valence-electron chi connectivity index (χ0n) is 13.4. The lowest BCUT2D eigenvalue weighted by atomic mass is 9.79. The van der Waals surface area contributed by atoms with Gasteiger partial charge in [0.2, 0.25) is 5.91 Å². The van der Waals surface area contributed by atoms with Crippen LogP contribution in [0.2, 0.25) is 0 Å². The first kappa shape index (κ1) is 16.0. The standard InChI is InChI=1S/C17H27N3OS/c1-14(15-6-5-11-22-15)19-16(21)12-20-10-9-18-13-17(20)7-3-2-4-8-17/h5-6,11,14,18H,2-4,7-10,12-13H2,1H3,(H,19,21). The van der Waals surface area contributed by atoms with Crippen molar-refractivity contribution in [3.8, 4) is 0 Å². The third kappa shape index (κ3) is 3.53. The van der Waals surface area contributed by atoms with Gasteiger partial charge in [0.05, 0.1) is 12.6 Å². The van der Waals surface area contributed by atoms with Crippen LogP contribution in [-0.2, 0) is 4.79 Å². The zero-order valence-corrected chi connectivity index (χ0v) is 14.3. The molecule has 1 saturated heterocycles. The van der Waals surface area contributed by atoms with E-state index >= 15 is 0 Å². The molecule has 1 aromatic rings. The van der Waals surface area contributed by atoms with E-state index in [0.717, 1.165) is 19.6 Å². The molecule has 1 amide bonds. The van der Waals surface area contributed by atoms with Gasteiger partial charge < -0.3 is 10.6 Å². The smallest absolute Gasteiger partial charge is 0.234 e. The van der Waals surface area contributed by atoms with Crippen molar-refractivity contribution in [3.63, 3.8) is 0 Å². The van der Waals surface area contributed by atoms with E-state index in [0.29, 0.717) is 6.54 Å². The van der Waals surface area contributed by atoms with Crippen molar-refractivity contribution in [2.75, 3.05) is 26.2 Å². The van der Waals surface area contributed by atoms with Crippen LogP contribution in [-0.4, -0.2) is 42.5 Å². The fourth-order valence-electron chi connectivity index (χ4n) is 3.90. The molecule has 0 aromatic carbocycles. The molecule has 1 atom stereocenters. The highest BCUT2D eigenvalue weighted by atomic mass is 32.1. The Kier molecular flexibility index (Phi) is 5.16. The molecule has 22 heavy (non-hydrogen) atoms. The number of nitrogens with one attached hydrogen (secondary N) is 2. The summed E-state index contributed by atoms with van der Waals surface area (Å²) >= 11 is 1.70. The maximum Gasteiger partial charge on any atom is 0.234 e. The molecule has 1 saturated carbocycles. The van der Waals surface area contributed by atoms with Gasteiger partial charge in [0.15, 0.2) is 0 Å². The fourth-order valence-corrected chi connectivity index (χ4v) is 4.64. The Balaban J connectivity index is 1.59. The van der Waals surface area contributed by atoms with Crippen molar-refractivity contribution in [2.24, 2.45) is 0 Å². The third-order valence-corrected chi connectivity index (χ3v) is 6.20. The first-order valence-corrected chi connectivity index (χ1v) is 9.36. The highest BCUT2D eigenvalue weighted by Crippen LogP contribution is 2.34. The summed E-state index contributed by atoms with van der Waals surface area (Å²) in [6.07, 6.45) is 6.40. The maximum atomic E-state index is 12.5. The summed E-state index contributed by atoms with van der Waals surface area (Å²) in [5, 5.41) is 8.76. The molecule has 0 bridgehead atoms. The SMILES string of the molecule is CC(NC(=O)CN1CCNCC12CCCCC2)c1cccs1. The average molecular weight is 321 g/mol. The number of thiophene rings is 1. The number of carbonyl (C=O) groups excluding carboxylic acids is 1. The van der Waals surface area contributed by atoms with E-state index in [9.17, 15) is 4.79 Å². The highest BCUT2D eigenvalue weighted by Gasteiger charge is 2.40. The average Bonchev–Trinajstić information content (AvgIpc) is 3.05. The highest BCUT2D eigenvalue weighted by molar-refractivity contribution is 7.10. The van der Waals surface area contributed by atoms with Gasteiger partial charge in [-0.3, -0.25) is 9.69 Å². The maximum absolute atomic E-state index is 12.5. The topological polar surface area (TPSA) is 44.4 Å². The Hall–Kier alpha value is -0.910. The number of rotatable bonds is 4. The molecule has 1 aliphatic carbocycles. The first-order valence-electron chi connectivity index (χ1n) is 8.48. The molecule has 1 aliphatic heterocycles. The number of nitrogens with zero attached hydrogens (tertiary/aromatic N) is 1. The number of hydrogen-bond donors (Lipinski definition) is 2. The molecule has 0 radical (unpaired) electrons. The molecular formula is C17H27N3OS.